The topological polar surface area (TPSA) is 80.3 Å². The number of thiazole rings is 1. The maximum Gasteiger partial charge on any atom is 0.323 e. The van der Waals surface area contributed by atoms with E-state index in [2.05, 4.69) is 15.6 Å². The van der Waals surface area contributed by atoms with E-state index in [1.807, 2.05) is 49.5 Å². The van der Waals surface area contributed by atoms with E-state index in [-0.39, 0.29) is 12.1 Å². The summed E-state index contributed by atoms with van der Waals surface area (Å²) >= 11 is 7.84. The molecule has 0 atom stereocenters. The van der Waals surface area contributed by atoms with Crippen molar-refractivity contribution in [1.29, 1.82) is 0 Å². The second-order valence-electron chi connectivity index (χ2n) is 7.91. The Morgan fingerprint density at radius 1 is 1.12 bits per heavy atom. The first-order valence-corrected chi connectivity index (χ1v) is 11.7. The van der Waals surface area contributed by atoms with Crippen LogP contribution < -0.4 is 10.6 Å². The lowest BCUT2D eigenvalue weighted by Crippen LogP contribution is -2.20. The highest BCUT2D eigenvalue weighted by atomic mass is 35.5. The van der Waals surface area contributed by atoms with Crippen molar-refractivity contribution in [2.45, 2.75) is 44.6 Å². The Kier molecular flexibility index (Phi) is 7.07. The van der Waals surface area contributed by atoms with Gasteiger partial charge in [0.1, 0.15) is 6.10 Å². The minimum atomic E-state index is -0.348. The summed E-state index contributed by atoms with van der Waals surface area (Å²) in [6.45, 7) is 2.49. The first-order chi connectivity index (χ1) is 15.5. The smallest absolute Gasteiger partial charge is 0.323 e. The van der Waals surface area contributed by atoms with Gasteiger partial charge in [0.25, 0.3) is 6.47 Å². The number of carbonyl (C=O) groups excluding carboxylic acids is 2. The van der Waals surface area contributed by atoms with Crippen molar-refractivity contribution in [3.05, 3.63) is 64.3 Å². The van der Waals surface area contributed by atoms with Crippen LogP contribution >= 0.6 is 22.9 Å². The van der Waals surface area contributed by atoms with Crippen molar-refractivity contribution < 1.29 is 14.3 Å². The Hall–Kier alpha value is -2.90. The van der Waals surface area contributed by atoms with Crippen molar-refractivity contribution in [2.75, 3.05) is 10.6 Å². The highest BCUT2D eigenvalue weighted by Crippen LogP contribution is 2.38. The number of amides is 2. The Labute approximate surface area is 196 Å². The summed E-state index contributed by atoms with van der Waals surface area (Å²) in [4.78, 5) is 28.6. The molecule has 1 aromatic heterocycles. The lowest BCUT2D eigenvalue weighted by atomic mass is 9.88. The number of nitrogens with zero attached hydrogens (tertiary/aromatic N) is 1. The van der Waals surface area contributed by atoms with Crippen LogP contribution in [-0.4, -0.2) is 23.6 Å². The Balaban J connectivity index is 1.35. The largest absolute Gasteiger partial charge is 0.465 e. The standard InChI is InChI=1S/C24H24ClN3O3S/c1-15-2-11-20(25)21(12-15)28-24(30)27-18-7-3-16(4-8-18)22-13-26-23(32-22)17-5-9-19(10-6-17)31-14-29/h2-4,7-8,11-14,17,19H,5-6,9-10H2,1H3,(H2,27,28,30). The van der Waals surface area contributed by atoms with Crippen LogP contribution in [0.15, 0.2) is 48.7 Å². The molecule has 0 radical (unpaired) electrons. The zero-order valence-electron chi connectivity index (χ0n) is 17.6. The van der Waals surface area contributed by atoms with E-state index in [4.69, 9.17) is 16.3 Å². The normalized spacial score (nSPS) is 18.1. The van der Waals surface area contributed by atoms with Crippen molar-refractivity contribution in [1.82, 2.24) is 4.98 Å². The summed E-state index contributed by atoms with van der Waals surface area (Å²) in [6, 6.07) is 12.8. The van der Waals surface area contributed by atoms with Gasteiger partial charge in [0, 0.05) is 17.8 Å². The van der Waals surface area contributed by atoms with Gasteiger partial charge in [0.15, 0.2) is 0 Å². The minimum Gasteiger partial charge on any atom is -0.465 e. The van der Waals surface area contributed by atoms with Gasteiger partial charge in [-0.15, -0.1) is 11.3 Å². The first-order valence-electron chi connectivity index (χ1n) is 10.5. The zero-order valence-corrected chi connectivity index (χ0v) is 19.2. The third-order valence-electron chi connectivity index (χ3n) is 5.59. The Morgan fingerprint density at radius 3 is 2.59 bits per heavy atom. The molecule has 1 saturated carbocycles. The van der Waals surface area contributed by atoms with Crippen LogP contribution in [0.1, 0.15) is 42.2 Å². The quantitative estimate of drug-likeness (QED) is 0.398. The van der Waals surface area contributed by atoms with Crippen LogP contribution in [0.25, 0.3) is 10.4 Å². The number of anilines is 2. The van der Waals surface area contributed by atoms with Crippen LogP contribution in [0.2, 0.25) is 5.02 Å². The lowest BCUT2D eigenvalue weighted by Gasteiger charge is -2.25. The maximum absolute atomic E-state index is 12.3. The van der Waals surface area contributed by atoms with Gasteiger partial charge < -0.3 is 15.4 Å². The molecule has 1 heterocycles. The van der Waals surface area contributed by atoms with Gasteiger partial charge in [-0.1, -0.05) is 29.8 Å². The molecule has 2 aromatic carbocycles. The van der Waals surface area contributed by atoms with Crippen molar-refractivity contribution >= 4 is 46.8 Å². The van der Waals surface area contributed by atoms with Gasteiger partial charge in [-0.25, -0.2) is 9.78 Å². The average molecular weight is 470 g/mol. The van der Waals surface area contributed by atoms with Gasteiger partial charge in [-0.3, -0.25) is 4.79 Å². The molecule has 0 bridgehead atoms. The number of hydrogen-bond acceptors (Lipinski definition) is 5. The van der Waals surface area contributed by atoms with Crippen molar-refractivity contribution in [3.63, 3.8) is 0 Å². The number of aryl methyl sites for hydroxylation is 1. The molecule has 0 unspecified atom stereocenters. The molecule has 32 heavy (non-hydrogen) atoms. The summed E-state index contributed by atoms with van der Waals surface area (Å²) < 4.78 is 5.09. The molecule has 4 rings (SSSR count). The first kappa shape index (κ1) is 22.3. The van der Waals surface area contributed by atoms with Gasteiger partial charge in [-0.2, -0.15) is 0 Å². The molecule has 1 fully saturated rings. The summed E-state index contributed by atoms with van der Waals surface area (Å²) in [6.07, 6.45) is 5.68. The number of aromatic nitrogens is 1. The van der Waals surface area contributed by atoms with Crippen molar-refractivity contribution in [3.8, 4) is 10.4 Å². The van der Waals surface area contributed by atoms with E-state index in [0.29, 0.717) is 28.8 Å². The number of urea groups is 1. The second-order valence-corrected chi connectivity index (χ2v) is 9.38. The summed E-state index contributed by atoms with van der Waals surface area (Å²) in [7, 11) is 0. The molecule has 2 N–H and O–H groups in total. The highest BCUT2D eigenvalue weighted by molar-refractivity contribution is 7.15. The van der Waals surface area contributed by atoms with Gasteiger partial charge in [0.05, 0.1) is 20.6 Å². The van der Waals surface area contributed by atoms with E-state index < -0.39 is 0 Å². The second kappa shape index (κ2) is 10.1. The number of carbonyl (C=O) groups is 2. The monoisotopic (exact) mass is 469 g/mol. The summed E-state index contributed by atoms with van der Waals surface area (Å²) in [5.74, 6) is 0.415. The number of rotatable bonds is 6. The molecule has 3 aromatic rings. The van der Waals surface area contributed by atoms with Crippen LogP contribution in [0.5, 0.6) is 0 Å². The number of halogens is 1. The van der Waals surface area contributed by atoms with E-state index in [1.54, 1.807) is 17.4 Å². The fraction of sp³-hybridized carbons (Fsp3) is 0.292. The number of ether oxygens (including phenoxy) is 1. The molecule has 6 nitrogen and oxygen atoms in total. The van der Waals surface area contributed by atoms with Crippen LogP contribution in [0.3, 0.4) is 0 Å². The zero-order chi connectivity index (χ0) is 22.5. The number of nitrogens with one attached hydrogen (secondary N) is 2. The van der Waals surface area contributed by atoms with E-state index >= 15 is 0 Å². The van der Waals surface area contributed by atoms with Crippen LogP contribution in [0.4, 0.5) is 16.2 Å². The van der Waals surface area contributed by atoms with Crippen LogP contribution in [0, 0.1) is 6.92 Å². The van der Waals surface area contributed by atoms with E-state index in [0.717, 1.165) is 46.7 Å². The molecule has 166 valence electrons. The maximum atomic E-state index is 12.3. The van der Waals surface area contributed by atoms with Gasteiger partial charge >= 0.3 is 6.03 Å². The van der Waals surface area contributed by atoms with E-state index in [1.165, 1.54) is 0 Å². The predicted octanol–water partition coefficient (Wildman–Crippen LogP) is 6.62. The SMILES string of the molecule is Cc1ccc(Cl)c(NC(=O)Nc2ccc(-c3cnc(C4CCC(OC=O)CC4)s3)cc2)c1. The fourth-order valence-electron chi connectivity index (χ4n) is 3.87. The van der Waals surface area contributed by atoms with E-state index in [9.17, 15) is 9.59 Å². The Morgan fingerprint density at radius 2 is 1.88 bits per heavy atom. The third-order valence-corrected chi connectivity index (χ3v) is 7.13. The van der Waals surface area contributed by atoms with Crippen molar-refractivity contribution in [2.24, 2.45) is 0 Å². The van der Waals surface area contributed by atoms with Crippen LogP contribution in [-0.2, 0) is 9.53 Å². The third kappa shape index (κ3) is 5.47. The highest BCUT2D eigenvalue weighted by Gasteiger charge is 2.25. The summed E-state index contributed by atoms with van der Waals surface area (Å²) in [5, 5.41) is 7.23. The molecule has 1 aliphatic carbocycles. The fourth-order valence-corrected chi connectivity index (χ4v) is 5.13. The Bertz CT molecular complexity index is 1090. The number of benzene rings is 2. The lowest BCUT2D eigenvalue weighted by molar-refractivity contribution is -0.135. The summed E-state index contributed by atoms with van der Waals surface area (Å²) in [5.41, 5.74) is 3.33. The predicted molar refractivity (Wildman–Crippen MR) is 129 cm³/mol. The minimum absolute atomic E-state index is 0.0439. The molecule has 2 amide bonds. The molecule has 0 spiro atoms. The van der Waals surface area contributed by atoms with Gasteiger partial charge in [-0.05, 0) is 68.0 Å². The average Bonchev–Trinajstić information content (AvgIpc) is 3.28. The molecule has 0 aliphatic heterocycles. The molecular weight excluding hydrogens is 446 g/mol. The number of hydrogen-bond donors (Lipinski definition) is 2. The molecule has 1 aliphatic rings. The molecule has 0 saturated heterocycles. The molecular formula is C24H24ClN3O3S. The molecule has 8 heteroatoms. The van der Waals surface area contributed by atoms with Gasteiger partial charge in [0.2, 0.25) is 0 Å².